The minimum Gasteiger partial charge on any atom is -0.398 e. The van der Waals surface area contributed by atoms with Gasteiger partial charge in [0.25, 0.3) is 0 Å². The second kappa shape index (κ2) is 5.84. The Morgan fingerprint density at radius 1 is 1.44 bits per heavy atom. The Hall–Kier alpha value is -1.59. The van der Waals surface area contributed by atoms with Crippen LogP contribution in [-0.4, -0.2) is 36.6 Å². The Morgan fingerprint density at radius 2 is 2.22 bits per heavy atom. The molecule has 98 valence electrons. The highest BCUT2D eigenvalue weighted by molar-refractivity contribution is 5.76. The van der Waals surface area contributed by atoms with Gasteiger partial charge in [-0.25, -0.2) is 0 Å². The lowest BCUT2D eigenvalue weighted by atomic mass is 10.1. The predicted molar refractivity (Wildman–Crippen MR) is 69.7 cm³/mol. The highest BCUT2D eigenvalue weighted by Gasteiger charge is 2.24. The Morgan fingerprint density at radius 3 is 2.83 bits per heavy atom. The number of amides is 1. The van der Waals surface area contributed by atoms with Crippen LogP contribution in [0.5, 0.6) is 0 Å². The summed E-state index contributed by atoms with van der Waals surface area (Å²) in [7, 11) is 0. The van der Waals surface area contributed by atoms with Gasteiger partial charge in [-0.3, -0.25) is 9.69 Å². The van der Waals surface area contributed by atoms with Crippen molar-refractivity contribution in [3.05, 3.63) is 29.8 Å². The molecule has 1 saturated heterocycles. The van der Waals surface area contributed by atoms with E-state index in [2.05, 4.69) is 0 Å². The molecule has 1 aromatic rings. The number of anilines is 1. The first-order valence-corrected chi connectivity index (χ1v) is 6.10. The second-order valence-electron chi connectivity index (χ2n) is 4.59. The fraction of sp³-hybridized carbons (Fsp3) is 0.462. The van der Waals surface area contributed by atoms with Crippen LogP contribution in [0, 0.1) is 0 Å². The molecule has 0 saturated carbocycles. The number of carbonyl (C=O) groups excluding carboxylic acids is 1. The summed E-state index contributed by atoms with van der Waals surface area (Å²) in [6, 6.07) is 7.93. The van der Waals surface area contributed by atoms with E-state index in [1.54, 1.807) is 0 Å². The van der Waals surface area contributed by atoms with Crippen LogP contribution in [0.15, 0.2) is 24.3 Å². The maximum Gasteiger partial charge on any atom is 0.231 e. The number of carbonyl (C=O) groups is 1. The average molecular weight is 249 g/mol. The number of rotatable bonds is 5. The van der Waals surface area contributed by atoms with Gasteiger partial charge in [0.1, 0.15) is 0 Å². The van der Waals surface area contributed by atoms with Crippen LogP contribution in [0.25, 0.3) is 0 Å². The van der Waals surface area contributed by atoms with Gasteiger partial charge in [-0.1, -0.05) is 18.2 Å². The van der Waals surface area contributed by atoms with E-state index in [1.807, 2.05) is 29.2 Å². The number of hydrogen-bond acceptors (Lipinski definition) is 4. The normalized spacial score (nSPS) is 19.3. The van der Waals surface area contributed by atoms with Crippen molar-refractivity contribution in [1.29, 1.82) is 0 Å². The molecule has 0 bridgehead atoms. The van der Waals surface area contributed by atoms with Crippen molar-refractivity contribution in [2.45, 2.75) is 19.0 Å². The van der Waals surface area contributed by atoms with Crippen molar-refractivity contribution in [1.82, 2.24) is 4.90 Å². The van der Waals surface area contributed by atoms with Crippen LogP contribution in [0.2, 0.25) is 0 Å². The molecule has 5 heteroatoms. The number of benzene rings is 1. The van der Waals surface area contributed by atoms with Gasteiger partial charge in [0.2, 0.25) is 5.91 Å². The molecule has 4 N–H and O–H groups in total. The number of ether oxygens (including phenoxy) is 1. The third kappa shape index (κ3) is 3.21. The third-order valence-corrected chi connectivity index (χ3v) is 3.21. The van der Waals surface area contributed by atoms with Gasteiger partial charge in [-0.05, 0) is 18.1 Å². The van der Waals surface area contributed by atoms with Crippen molar-refractivity contribution in [3.8, 4) is 0 Å². The molecule has 1 aromatic carbocycles. The van der Waals surface area contributed by atoms with Crippen LogP contribution in [0.4, 0.5) is 5.69 Å². The minimum absolute atomic E-state index is 0.238. The van der Waals surface area contributed by atoms with E-state index in [0.717, 1.165) is 24.3 Å². The van der Waals surface area contributed by atoms with E-state index in [0.29, 0.717) is 13.2 Å². The Balaban J connectivity index is 2.09. The highest BCUT2D eigenvalue weighted by atomic mass is 16.5. The van der Waals surface area contributed by atoms with E-state index in [-0.39, 0.29) is 18.5 Å². The number of para-hydroxylation sites is 1. The van der Waals surface area contributed by atoms with Crippen LogP contribution in [-0.2, 0) is 16.1 Å². The van der Waals surface area contributed by atoms with Crippen LogP contribution < -0.4 is 11.5 Å². The largest absolute Gasteiger partial charge is 0.398 e. The average Bonchev–Trinajstić information content (AvgIpc) is 2.84. The molecule has 1 heterocycles. The molecule has 1 aliphatic heterocycles. The van der Waals surface area contributed by atoms with Crippen molar-refractivity contribution in [3.63, 3.8) is 0 Å². The summed E-state index contributed by atoms with van der Waals surface area (Å²) in [5, 5.41) is 0. The Labute approximate surface area is 107 Å². The zero-order valence-corrected chi connectivity index (χ0v) is 10.3. The molecule has 2 rings (SSSR count). The predicted octanol–water partition coefficient (Wildman–Crippen LogP) is 0.345. The van der Waals surface area contributed by atoms with Gasteiger partial charge < -0.3 is 16.2 Å². The van der Waals surface area contributed by atoms with Gasteiger partial charge in [0, 0.05) is 24.9 Å². The summed E-state index contributed by atoms with van der Waals surface area (Å²) in [4.78, 5) is 13.2. The molecular weight excluding hydrogens is 230 g/mol. The van der Waals surface area contributed by atoms with Crippen LogP contribution >= 0.6 is 0 Å². The molecule has 0 radical (unpaired) electrons. The third-order valence-electron chi connectivity index (χ3n) is 3.21. The molecule has 1 aliphatic rings. The molecular formula is C13H19N3O2. The molecule has 1 fully saturated rings. The smallest absolute Gasteiger partial charge is 0.231 e. The van der Waals surface area contributed by atoms with Gasteiger partial charge >= 0.3 is 0 Å². The zero-order valence-electron chi connectivity index (χ0n) is 10.3. The lowest BCUT2D eigenvalue weighted by molar-refractivity contribution is -0.119. The van der Waals surface area contributed by atoms with Gasteiger partial charge in [-0.2, -0.15) is 0 Å². The van der Waals surface area contributed by atoms with Crippen molar-refractivity contribution < 1.29 is 9.53 Å². The molecule has 1 unspecified atom stereocenters. The molecule has 0 spiro atoms. The summed E-state index contributed by atoms with van der Waals surface area (Å²) < 4.78 is 5.36. The van der Waals surface area contributed by atoms with E-state index in [9.17, 15) is 4.79 Å². The SMILES string of the molecule is NC(=O)CN(Cc1ccccc1N)C1CCOC1. The fourth-order valence-corrected chi connectivity index (χ4v) is 2.22. The zero-order chi connectivity index (χ0) is 13.0. The van der Waals surface area contributed by atoms with Crippen LogP contribution in [0.1, 0.15) is 12.0 Å². The van der Waals surface area contributed by atoms with Crippen molar-refractivity contribution in [2.24, 2.45) is 5.73 Å². The number of hydrogen-bond donors (Lipinski definition) is 2. The quantitative estimate of drug-likeness (QED) is 0.737. The fourth-order valence-electron chi connectivity index (χ4n) is 2.22. The summed E-state index contributed by atoms with van der Waals surface area (Å²) in [6.07, 6.45) is 0.931. The molecule has 18 heavy (non-hydrogen) atoms. The summed E-state index contributed by atoms with van der Waals surface area (Å²) >= 11 is 0. The topological polar surface area (TPSA) is 81.6 Å². The monoisotopic (exact) mass is 249 g/mol. The van der Waals surface area contributed by atoms with E-state index < -0.39 is 0 Å². The summed E-state index contributed by atoms with van der Waals surface area (Å²) in [6.45, 7) is 2.26. The van der Waals surface area contributed by atoms with Crippen LogP contribution in [0.3, 0.4) is 0 Å². The lowest BCUT2D eigenvalue weighted by Gasteiger charge is -2.26. The standard InChI is InChI=1S/C13H19N3O2/c14-12-4-2-1-3-10(12)7-16(8-13(15)17)11-5-6-18-9-11/h1-4,11H,5-9,14H2,(H2,15,17). The van der Waals surface area contributed by atoms with Gasteiger partial charge in [0.15, 0.2) is 0 Å². The van der Waals surface area contributed by atoms with Gasteiger partial charge in [0.05, 0.1) is 13.2 Å². The highest BCUT2D eigenvalue weighted by Crippen LogP contribution is 2.18. The number of nitrogens with two attached hydrogens (primary N) is 2. The van der Waals surface area contributed by atoms with Gasteiger partial charge in [-0.15, -0.1) is 0 Å². The first-order chi connectivity index (χ1) is 8.66. The number of primary amides is 1. The minimum atomic E-state index is -0.323. The van der Waals surface area contributed by atoms with Crippen molar-refractivity contribution in [2.75, 3.05) is 25.5 Å². The Kier molecular flexibility index (Phi) is 4.17. The van der Waals surface area contributed by atoms with E-state index >= 15 is 0 Å². The van der Waals surface area contributed by atoms with Crippen molar-refractivity contribution >= 4 is 11.6 Å². The molecule has 0 aromatic heterocycles. The summed E-state index contributed by atoms with van der Waals surface area (Å²) in [5.41, 5.74) is 13.0. The molecule has 5 nitrogen and oxygen atoms in total. The lowest BCUT2D eigenvalue weighted by Crippen LogP contribution is -2.41. The molecule has 1 amide bonds. The second-order valence-corrected chi connectivity index (χ2v) is 4.59. The first-order valence-electron chi connectivity index (χ1n) is 6.10. The maximum absolute atomic E-state index is 11.2. The molecule has 0 aliphatic carbocycles. The maximum atomic E-state index is 11.2. The van der Waals surface area contributed by atoms with E-state index in [1.165, 1.54) is 0 Å². The first kappa shape index (κ1) is 12.9. The summed E-state index contributed by atoms with van der Waals surface area (Å²) in [5.74, 6) is -0.323. The number of nitrogens with zero attached hydrogens (tertiary/aromatic N) is 1. The van der Waals surface area contributed by atoms with E-state index in [4.69, 9.17) is 16.2 Å². The Bertz CT molecular complexity index is 416. The number of nitrogen functional groups attached to an aromatic ring is 1. The molecule has 1 atom stereocenters.